The van der Waals surface area contributed by atoms with E-state index in [-0.39, 0.29) is 11.7 Å². The van der Waals surface area contributed by atoms with Crippen molar-refractivity contribution in [3.63, 3.8) is 0 Å². The molecule has 8 nitrogen and oxygen atoms in total. The van der Waals surface area contributed by atoms with E-state index in [1.165, 1.54) is 39.8 Å². The quantitative estimate of drug-likeness (QED) is 0.620. The van der Waals surface area contributed by atoms with Crippen LogP contribution in [-0.2, 0) is 9.53 Å². The first kappa shape index (κ1) is 18.8. The van der Waals surface area contributed by atoms with Crippen LogP contribution in [0.2, 0.25) is 0 Å². The molecule has 1 aromatic heterocycles. The molecule has 2 heterocycles. The van der Waals surface area contributed by atoms with Crippen LogP contribution < -0.4 is 5.32 Å². The average Bonchev–Trinajstić information content (AvgIpc) is 3.12. The Morgan fingerprint density at radius 3 is 2.92 bits per heavy atom. The lowest BCUT2D eigenvalue weighted by molar-refractivity contribution is -0.120. The molecule has 1 aliphatic heterocycles. The molecule has 1 saturated heterocycles. The zero-order valence-corrected chi connectivity index (χ0v) is 15.9. The maximum atomic E-state index is 12.4. The van der Waals surface area contributed by atoms with E-state index >= 15 is 0 Å². The Balaban J connectivity index is 1.97. The molecule has 2 rings (SSSR count). The van der Waals surface area contributed by atoms with Gasteiger partial charge >= 0.3 is 6.09 Å². The number of nitrogens with one attached hydrogen (secondary N) is 1. The highest BCUT2D eigenvalue weighted by atomic mass is 32.2. The van der Waals surface area contributed by atoms with Crippen LogP contribution in [0.1, 0.15) is 20.8 Å². The van der Waals surface area contributed by atoms with Crippen molar-refractivity contribution >= 4 is 52.0 Å². The molecule has 1 N–H and O–H groups in total. The van der Waals surface area contributed by atoms with E-state index in [4.69, 9.17) is 10.00 Å². The normalized spacial score (nSPS) is 17.4. The topological polar surface area (TPSA) is 108 Å². The Kier molecular flexibility index (Phi) is 6.31. The van der Waals surface area contributed by atoms with Gasteiger partial charge in [0.2, 0.25) is 11.0 Å². The van der Waals surface area contributed by atoms with Gasteiger partial charge in [-0.15, -0.1) is 22.0 Å². The third kappa shape index (κ3) is 5.25. The number of nitriles is 1. The van der Waals surface area contributed by atoms with E-state index in [1.807, 2.05) is 6.07 Å². The predicted octanol–water partition coefficient (Wildman–Crippen LogP) is 2.40. The number of hydrogen-bond donors (Lipinski definition) is 1. The van der Waals surface area contributed by atoms with Crippen LogP contribution in [0, 0.1) is 11.3 Å². The number of hydrogen-bond acceptors (Lipinski definition) is 9. The van der Waals surface area contributed by atoms with Crippen LogP contribution >= 0.6 is 34.9 Å². The first-order chi connectivity index (χ1) is 11.3. The molecule has 0 radical (unpaired) electrons. The van der Waals surface area contributed by atoms with Crippen molar-refractivity contribution in [1.29, 1.82) is 5.26 Å². The van der Waals surface area contributed by atoms with E-state index in [0.29, 0.717) is 21.1 Å². The van der Waals surface area contributed by atoms with Gasteiger partial charge in [-0.2, -0.15) is 5.26 Å². The third-order valence-electron chi connectivity index (χ3n) is 2.71. The van der Waals surface area contributed by atoms with Crippen molar-refractivity contribution in [2.75, 3.05) is 22.7 Å². The molecule has 1 aliphatic rings. The van der Waals surface area contributed by atoms with Crippen LogP contribution in [0.4, 0.5) is 9.93 Å². The summed E-state index contributed by atoms with van der Waals surface area (Å²) in [5.74, 6) is 0.861. The molecule has 0 aliphatic carbocycles. The van der Waals surface area contributed by atoms with Gasteiger partial charge in [-0.3, -0.25) is 15.0 Å². The van der Waals surface area contributed by atoms with Gasteiger partial charge in [0.05, 0.1) is 17.7 Å². The number of ether oxygens (including phenoxy) is 1. The minimum Gasteiger partial charge on any atom is -0.444 e. The van der Waals surface area contributed by atoms with Crippen LogP contribution in [0.15, 0.2) is 4.34 Å². The molecule has 11 heteroatoms. The molecule has 24 heavy (non-hydrogen) atoms. The van der Waals surface area contributed by atoms with E-state index in [9.17, 15) is 9.59 Å². The molecule has 130 valence electrons. The van der Waals surface area contributed by atoms with Gasteiger partial charge in [0.15, 0.2) is 4.34 Å². The molecule has 0 bridgehead atoms. The number of nitrogens with zero attached hydrogens (tertiary/aromatic N) is 4. The zero-order valence-electron chi connectivity index (χ0n) is 13.4. The summed E-state index contributed by atoms with van der Waals surface area (Å²) in [6, 6.07) is 1.39. The van der Waals surface area contributed by atoms with Crippen molar-refractivity contribution in [3.8, 4) is 6.07 Å². The second-order valence-corrected chi connectivity index (χ2v) is 8.97. The Morgan fingerprint density at radius 2 is 2.25 bits per heavy atom. The maximum Gasteiger partial charge on any atom is 0.411 e. The molecule has 0 unspecified atom stereocenters. The fourth-order valence-corrected chi connectivity index (χ4v) is 4.32. The van der Waals surface area contributed by atoms with Gasteiger partial charge in [0.1, 0.15) is 11.6 Å². The first-order valence-corrected chi connectivity index (χ1v) is 9.97. The highest BCUT2D eigenvalue weighted by Gasteiger charge is 2.37. The van der Waals surface area contributed by atoms with Crippen LogP contribution in [-0.4, -0.2) is 56.1 Å². The minimum atomic E-state index is -0.614. The molecule has 0 saturated carbocycles. The lowest BCUT2D eigenvalue weighted by Crippen LogP contribution is -2.46. The second-order valence-electron chi connectivity index (χ2n) is 5.77. The average molecular weight is 388 g/mol. The summed E-state index contributed by atoms with van der Waals surface area (Å²) in [7, 11) is 0. The molecule has 1 aromatic rings. The lowest BCUT2D eigenvalue weighted by Gasteiger charge is -2.27. The van der Waals surface area contributed by atoms with Gasteiger partial charge < -0.3 is 4.74 Å². The summed E-state index contributed by atoms with van der Waals surface area (Å²) < 4.78 is 5.94. The number of thioether (sulfide) groups is 2. The summed E-state index contributed by atoms with van der Waals surface area (Å²) in [6.45, 7) is 5.35. The summed E-state index contributed by atoms with van der Waals surface area (Å²) in [5, 5.41) is 19.3. The van der Waals surface area contributed by atoms with Gasteiger partial charge in [-0.05, 0) is 20.8 Å². The number of carbonyl (C=O) groups is 2. The number of carbonyl (C=O) groups excluding carboxylic acids is 2. The lowest BCUT2D eigenvalue weighted by atomic mass is 10.2. The number of aromatic nitrogens is 2. The Morgan fingerprint density at radius 1 is 1.50 bits per heavy atom. The molecular formula is C13H17N5O3S3. The summed E-state index contributed by atoms with van der Waals surface area (Å²) in [5.41, 5.74) is -0.614. The Labute approximate surface area is 152 Å². The van der Waals surface area contributed by atoms with Gasteiger partial charge in [0, 0.05) is 5.75 Å². The summed E-state index contributed by atoms with van der Waals surface area (Å²) in [4.78, 5) is 26.0. The molecule has 1 atom stereocenters. The fraction of sp³-hybridized carbons (Fsp3) is 0.615. The molecule has 1 fully saturated rings. The standard InChI is InChI=1S/C13H17N5O3S3/c1-13(2,3)21-12(20)18-7-22-6-8(18)9(19)15-10-16-17-11(24-10)23-5-4-14/h8H,5-7H2,1-3H3,(H,15,16,19)/t8-/m1/s1. The first-order valence-electron chi connectivity index (χ1n) is 7.01. The van der Waals surface area contributed by atoms with E-state index in [0.717, 1.165) is 0 Å². The SMILES string of the molecule is CC(C)(C)OC(=O)N1CSC[C@@H]1C(=O)Nc1nnc(SCC#N)s1. The largest absolute Gasteiger partial charge is 0.444 e. The predicted molar refractivity (Wildman–Crippen MR) is 94.1 cm³/mol. The van der Waals surface area contributed by atoms with E-state index < -0.39 is 17.7 Å². The van der Waals surface area contributed by atoms with Gasteiger partial charge in [-0.25, -0.2) is 4.79 Å². The van der Waals surface area contributed by atoms with Crippen molar-refractivity contribution in [1.82, 2.24) is 15.1 Å². The van der Waals surface area contributed by atoms with Gasteiger partial charge in [-0.1, -0.05) is 23.1 Å². The van der Waals surface area contributed by atoms with Crippen LogP contribution in [0.5, 0.6) is 0 Å². The van der Waals surface area contributed by atoms with Crippen LogP contribution in [0.25, 0.3) is 0 Å². The summed E-state index contributed by atoms with van der Waals surface area (Å²) >= 11 is 3.94. The Bertz CT molecular complexity index is 652. The zero-order chi connectivity index (χ0) is 17.7. The highest BCUT2D eigenvalue weighted by Crippen LogP contribution is 2.27. The maximum absolute atomic E-state index is 12.4. The monoisotopic (exact) mass is 387 g/mol. The number of anilines is 1. The van der Waals surface area contributed by atoms with Crippen molar-refractivity contribution in [2.24, 2.45) is 0 Å². The van der Waals surface area contributed by atoms with Crippen molar-refractivity contribution in [3.05, 3.63) is 0 Å². The number of amides is 2. The minimum absolute atomic E-state index is 0.272. The smallest absolute Gasteiger partial charge is 0.411 e. The number of rotatable bonds is 4. The van der Waals surface area contributed by atoms with Crippen molar-refractivity contribution < 1.29 is 14.3 Å². The summed E-state index contributed by atoms with van der Waals surface area (Å²) in [6.07, 6.45) is -0.504. The van der Waals surface area contributed by atoms with Crippen LogP contribution in [0.3, 0.4) is 0 Å². The fourth-order valence-electron chi connectivity index (χ4n) is 1.76. The molecular weight excluding hydrogens is 370 g/mol. The van der Waals surface area contributed by atoms with Crippen molar-refractivity contribution in [2.45, 2.75) is 36.8 Å². The molecule has 0 spiro atoms. The molecule has 0 aromatic carbocycles. The second kappa shape index (κ2) is 8.04. The third-order valence-corrected chi connectivity index (χ3v) is 5.56. The van der Waals surface area contributed by atoms with Gasteiger partial charge in [0.25, 0.3) is 0 Å². The Hall–Kier alpha value is -1.51. The van der Waals surface area contributed by atoms with E-state index in [2.05, 4.69) is 15.5 Å². The molecule has 2 amide bonds. The highest BCUT2D eigenvalue weighted by molar-refractivity contribution is 8.01. The van der Waals surface area contributed by atoms with E-state index in [1.54, 1.807) is 20.8 Å².